The van der Waals surface area contributed by atoms with Crippen molar-refractivity contribution in [2.24, 2.45) is 0 Å². The molecule has 4 rings (SSSR count). The molecule has 3 N–H and O–H groups in total. The minimum absolute atomic E-state index is 0.0172. The Hall–Kier alpha value is -2.67. The fraction of sp³-hybridized carbons (Fsp3) is 0.353. The van der Waals surface area contributed by atoms with E-state index in [1.54, 1.807) is 30.3 Å². The van der Waals surface area contributed by atoms with Crippen LogP contribution in [0.1, 0.15) is 29.8 Å². The highest BCUT2D eigenvalue weighted by atomic mass is 16.6. The van der Waals surface area contributed by atoms with Crippen LogP contribution in [-0.4, -0.2) is 33.9 Å². The third-order valence-electron chi connectivity index (χ3n) is 4.94. The molecular weight excluding hydrogens is 308 g/mol. The molecule has 0 aliphatic carbocycles. The van der Waals surface area contributed by atoms with Crippen molar-refractivity contribution in [2.45, 2.75) is 37.4 Å². The number of nitro groups is 1. The lowest BCUT2D eigenvalue weighted by Crippen LogP contribution is -2.43. The van der Waals surface area contributed by atoms with Crippen molar-refractivity contribution in [1.82, 2.24) is 15.6 Å². The largest absolute Gasteiger partial charge is 0.350 e. The Balaban J connectivity index is 1.53. The molecule has 3 heterocycles. The first-order valence-corrected chi connectivity index (χ1v) is 8.11. The van der Waals surface area contributed by atoms with E-state index in [1.165, 1.54) is 12.5 Å². The molecule has 24 heavy (non-hydrogen) atoms. The number of para-hydroxylation sites is 1. The number of nitrogens with zero attached hydrogens (tertiary/aromatic N) is 1. The van der Waals surface area contributed by atoms with E-state index in [2.05, 4.69) is 15.6 Å². The Kier molecular flexibility index (Phi) is 3.57. The molecule has 1 aromatic heterocycles. The average Bonchev–Trinajstić information content (AvgIpc) is 3.31. The number of carbonyl (C=O) groups is 1. The molecule has 0 saturated carbocycles. The van der Waals surface area contributed by atoms with Crippen LogP contribution in [0.15, 0.2) is 36.4 Å². The van der Waals surface area contributed by atoms with Crippen LogP contribution >= 0.6 is 0 Å². The third kappa shape index (κ3) is 2.56. The second-order valence-corrected chi connectivity index (χ2v) is 6.42. The number of aromatic nitrogens is 1. The number of hydrogen-bond donors (Lipinski definition) is 3. The molecule has 0 radical (unpaired) electrons. The lowest BCUT2D eigenvalue weighted by molar-refractivity contribution is -0.384. The zero-order valence-electron chi connectivity index (χ0n) is 13.0. The maximum absolute atomic E-state index is 12.4. The van der Waals surface area contributed by atoms with E-state index in [9.17, 15) is 14.9 Å². The van der Waals surface area contributed by atoms with Crippen LogP contribution < -0.4 is 10.6 Å². The highest BCUT2D eigenvalue weighted by Gasteiger charge is 2.39. The van der Waals surface area contributed by atoms with Gasteiger partial charge >= 0.3 is 0 Å². The minimum Gasteiger partial charge on any atom is -0.350 e. The molecule has 1 aromatic carbocycles. The van der Waals surface area contributed by atoms with Crippen molar-refractivity contribution in [3.63, 3.8) is 0 Å². The predicted octanol–water partition coefficient (Wildman–Crippen LogP) is 2.21. The van der Waals surface area contributed by atoms with Crippen LogP contribution in [0.4, 0.5) is 5.69 Å². The first-order chi connectivity index (χ1) is 11.6. The van der Waals surface area contributed by atoms with Crippen molar-refractivity contribution >= 4 is 11.6 Å². The highest BCUT2D eigenvalue weighted by Crippen LogP contribution is 2.30. The summed E-state index contributed by atoms with van der Waals surface area (Å²) in [6.07, 6.45) is 3.25. The van der Waals surface area contributed by atoms with Gasteiger partial charge in [-0.15, -0.1) is 0 Å². The molecule has 2 aliphatic heterocycles. The third-order valence-corrected chi connectivity index (χ3v) is 4.94. The molecule has 2 aromatic rings. The van der Waals surface area contributed by atoms with Gasteiger partial charge in [0.25, 0.3) is 11.6 Å². The van der Waals surface area contributed by atoms with Gasteiger partial charge in [-0.05, 0) is 37.5 Å². The summed E-state index contributed by atoms with van der Waals surface area (Å²) in [5.41, 5.74) is 1.48. The molecule has 1 amide bonds. The summed E-state index contributed by atoms with van der Waals surface area (Å²) in [6.45, 7) is 0. The molecule has 2 saturated heterocycles. The fourth-order valence-electron chi connectivity index (χ4n) is 3.78. The van der Waals surface area contributed by atoms with Crippen molar-refractivity contribution in [1.29, 1.82) is 0 Å². The zero-order valence-corrected chi connectivity index (χ0v) is 13.0. The van der Waals surface area contributed by atoms with Crippen LogP contribution in [0.5, 0.6) is 0 Å². The number of hydrogen-bond acceptors (Lipinski definition) is 4. The maximum Gasteiger partial charge on any atom is 0.278 e. The second kappa shape index (κ2) is 5.76. The van der Waals surface area contributed by atoms with Gasteiger partial charge in [0.2, 0.25) is 0 Å². The van der Waals surface area contributed by atoms with E-state index >= 15 is 0 Å². The molecule has 0 spiro atoms. The van der Waals surface area contributed by atoms with E-state index in [-0.39, 0.29) is 17.6 Å². The van der Waals surface area contributed by atoms with Crippen molar-refractivity contribution in [3.8, 4) is 11.3 Å². The van der Waals surface area contributed by atoms with Crippen molar-refractivity contribution < 1.29 is 9.72 Å². The Morgan fingerprint density at radius 1 is 1.21 bits per heavy atom. The van der Waals surface area contributed by atoms with Crippen molar-refractivity contribution in [3.05, 3.63) is 52.2 Å². The van der Waals surface area contributed by atoms with Gasteiger partial charge in [-0.1, -0.05) is 12.1 Å². The monoisotopic (exact) mass is 326 g/mol. The van der Waals surface area contributed by atoms with Gasteiger partial charge in [0.05, 0.1) is 16.2 Å². The summed E-state index contributed by atoms with van der Waals surface area (Å²) in [5, 5.41) is 17.7. The predicted molar refractivity (Wildman–Crippen MR) is 88.7 cm³/mol. The zero-order chi connectivity index (χ0) is 16.7. The van der Waals surface area contributed by atoms with Gasteiger partial charge < -0.3 is 15.6 Å². The quantitative estimate of drug-likeness (QED) is 0.592. The number of nitro benzene ring substituents is 1. The van der Waals surface area contributed by atoms with Crippen LogP contribution in [0, 0.1) is 10.1 Å². The normalized spacial score (nSPS) is 24.9. The summed E-state index contributed by atoms with van der Waals surface area (Å²) in [5.74, 6) is -0.167. The van der Waals surface area contributed by atoms with Gasteiger partial charge in [-0.2, -0.15) is 0 Å². The van der Waals surface area contributed by atoms with E-state index in [4.69, 9.17) is 0 Å². The summed E-state index contributed by atoms with van der Waals surface area (Å²) in [6, 6.07) is 10.9. The van der Waals surface area contributed by atoms with Crippen LogP contribution in [-0.2, 0) is 0 Å². The number of amides is 1. The molecule has 3 atom stereocenters. The molecule has 2 aliphatic rings. The Morgan fingerprint density at radius 3 is 2.75 bits per heavy atom. The molecule has 0 unspecified atom stereocenters. The Labute approximate surface area is 138 Å². The Bertz CT molecular complexity index is 801. The number of benzene rings is 1. The minimum atomic E-state index is -0.420. The Morgan fingerprint density at radius 2 is 2.04 bits per heavy atom. The summed E-state index contributed by atoms with van der Waals surface area (Å²) in [4.78, 5) is 26.2. The molecule has 2 fully saturated rings. The topological polar surface area (TPSA) is 100 Å². The smallest absolute Gasteiger partial charge is 0.278 e. The van der Waals surface area contributed by atoms with Crippen LogP contribution in [0.3, 0.4) is 0 Å². The van der Waals surface area contributed by atoms with E-state index in [0.717, 1.165) is 12.8 Å². The summed E-state index contributed by atoms with van der Waals surface area (Å²) < 4.78 is 0. The second-order valence-electron chi connectivity index (χ2n) is 6.42. The summed E-state index contributed by atoms with van der Waals surface area (Å²) in [7, 11) is 0. The lowest BCUT2D eigenvalue weighted by atomic mass is 9.95. The summed E-state index contributed by atoms with van der Waals surface area (Å²) >= 11 is 0. The van der Waals surface area contributed by atoms with E-state index in [0.29, 0.717) is 29.0 Å². The van der Waals surface area contributed by atoms with Crippen LogP contribution in [0.25, 0.3) is 11.3 Å². The van der Waals surface area contributed by atoms with Crippen molar-refractivity contribution in [2.75, 3.05) is 0 Å². The van der Waals surface area contributed by atoms with Gasteiger partial charge in [0.15, 0.2) is 0 Å². The maximum atomic E-state index is 12.4. The first-order valence-electron chi connectivity index (χ1n) is 8.11. The van der Waals surface area contributed by atoms with Gasteiger partial charge in [0, 0.05) is 24.2 Å². The fourth-order valence-corrected chi connectivity index (χ4v) is 3.78. The number of nitrogens with one attached hydrogen (secondary N) is 3. The SMILES string of the molecule is O=C(N[C@@H]1C[C@H]2CC[C@@H]1N2)c1ccc(-c2ccccc2[N+](=O)[O-])[nH]1. The van der Waals surface area contributed by atoms with Gasteiger partial charge in [-0.3, -0.25) is 14.9 Å². The highest BCUT2D eigenvalue weighted by molar-refractivity contribution is 5.94. The number of H-pyrrole nitrogens is 1. The first kappa shape index (κ1) is 14.9. The van der Waals surface area contributed by atoms with E-state index in [1.807, 2.05) is 0 Å². The van der Waals surface area contributed by atoms with Crippen LogP contribution in [0.2, 0.25) is 0 Å². The standard InChI is InChI=1S/C17H18N4O3/c22-17(20-15-9-10-5-6-13(15)18-10)14-8-7-12(19-14)11-3-1-2-4-16(11)21(23)24/h1-4,7-8,10,13,15,18-19H,5-6,9H2,(H,20,22)/t10-,13+,15-/m1/s1. The number of carbonyl (C=O) groups excluding carboxylic acids is 1. The number of aromatic amines is 1. The van der Waals surface area contributed by atoms with Gasteiger partial charge in [0.1, 0.15) is 5.69 Å². The molecule has 7 heteroatoms. The number of rotatable bonds is 4. The molecule has 124 valence electrons. The molecule has 7 nitrogen and oxygen atoms in total. The molecule has 2 bridgehead atoms. The average molecular weight is 326 g/mol. The van der Waals surface area contributed by atoms with Gasteiger partial charge in [-0.25, -0.2) is 0 Å². The van der Waals surface area contributed by atoms with E-state index < -0.39 is 4.92 Å². The number of fused-ring (bicyclic) bond motifs is 2. The molecular formula is C17H18N4O3. The lowest BCUT2D eigenvalue weighted by Gasteiger charge is -2.21.